The van der Waals surface area contributed by atoms with Gasteiger partial charge in [0.05, 0.1) is 6.61 Å². The highest BCUT2D eigenvalue weighted by molar-refractivity contribution is 7.53. The van der Waals surface area contributed by atoms with Crippen molar-refractivity contribution in [1.82, 2.24) is 0 Å². The number of rotatable bonds is 14. The van der Waals surface area contributed by atoms with Crippen molar-refractivity contribution in [3.8, 4) is 0 Å². The summed E-state index contributed by atoms with van der Waals surface area (Å²) in [4.78, 5) is 39.7. The minimum atomic E-state index is -4.56. The van der Waals surface area contributed by atoms with Crippen molar-refractivity contribution in [2.75, 3.05) is 6.61 Å². The lowest BCUT2D eigenvalue weighted by molar-refractivity contribution is -0.138. The molecule has 0 aliphatic rings. The molecule has 0 spiro atoms. The van der Waals surface area contributed by atoms with Crippen molar-refractivity contribution in [1.29, 1.82) is 0 Å². The summed E-state index contributed by atoms with van der Waals surface area (Å²) >= 11 is 0. The number of allylic oxidation sites excluding steroid dienone is 1. The predicted octanol–water partition coefficient (Wildman–Crippen LogP) is 3.25. The Bertz CT molecular complexity index is 442. The number of carboxylic acid groups (broad SMARTS) is 1. The standard InChI is InChI=1S/C16H29O7P/c1-2-11-15(17)23-13-10-8-6-4-3-5-7-9-12-14(16(18)19)24(20,21)22/h2,11,14H,3-10,12-13H2,1H3,(H,18,19)(H2,20,21,22). The van der Waals surface area contributed by atoms with Crippen LogP contribution in [0.1, 0.15) is 64.7 Å². The van der Waals surface area contributed by atoms with Gasteiger partial charge < -0.3 is 19.6 Å². The number of esters is 1. The number of hydrogen-bond donors (Lipinski definition) is 3. The fraction of sp³-hybridized carbons (Fsp3) is 0.750. The molecule has 0 aromatic heterocycles. The van der Waals surface area contributed by atoms with E-state index in [0.29, 0.717) is 13.0 Å². The van der Waals surface area contributed by atoms with E-state index in [1.165, 1.54) is 6.08 Å². The van der Waals surface area contributed by atoms with Gasteiger partial charge in [0.15, 0.2) is 5.66 Å². The van der Waals surface area contributed by atoms with Gasteiger partial charge in [-0.15, -0.1) is 0 Å². The van der Waals surface area contributed by atoms with Gasteiger partial charge in [-0.05, 0) is 19.8 Å². The molecular formula is C16H29O7P. The third kappa shape index (κ3) is 12.3. The summed E-state index contributed by atoms with van der Waals surface area (Å²) in [5.74, 6) is -1.74. The molecule has 8 heteroatoms. The number of carbonyl (C=O) groups excluding carboxylic acids is 1. The molecule has 3 N–H and O–H groups in total. The van der Waals surface area contributed by atoms with E-state index in [4.69, 9.17) is 19.6 Å². The van der Waals surface area contributed by atoms with Crippen molar-refractivity contribution >= 4 is 19.5 Å². The van der Waals surface area contributed by atoms with Crippen LogP contribution < -0.4 is 0 Å². The molecule has 0 radical (unpaired) electrons. The molecule has 0 saturated heterocycles. The van der Waals surface area contributed by atoms with Crippen molar-refractivity contribution in [2.45, 2.75) is 70.4 Å². The summed E-state index contributed by atoms with van der Waals surface area (Å²) in [7, 11) is -4.56. The molecule has 0 amide bonds. The van der Waals surface area contributed by atoms with Crippen molar-refractivity contribution in [3.05, 3.63) is 12.2 Å². The minimum Gasteiger partial charge on any atom is -0.481 e. The largest absolute Gasteiger partial charge is 0.481 e. The maximum Gasteiger partial charge on any atom is 0.339 e. The Hall–Kier alpha value is -1.17. The second-order valence-corrected chi connectivity index (χ2v) is 7.53. The zero-order chi connectivity index (χ0) is 18.4. The molecule has 7 nitrogen and oxygen atoms in total. The minimum absolute atomic E-state index is 0.0111. The topological polar surface area (TPSA) is 121 Å². The van der Waals surface area contributed by atoms with E-state index in [-0.39, 0.29) is 12.4 Å². The maximum atomic E-state index is 11.0. The van der Waals surface area contributed by atoms with Gasteiger partial charge in [0.25, 0.3) is 0 Å². The Balaban J connectivity index is 3.50. The number of hydrogen-bond acceptors (Lipinski definition) is 4. The smallest absolute Gasteiger partial charge is 0.339 e. The lowest BCUT2D eigenvalue weighted by atomic mass is 10.1. The van der Waals surface area contributed by atoms with Gasteiger partial charge in [-0.1, -0.05) is 51.0 Å². The van der Waals surface area contributed by atoms with Gasteiger partial charge >= 0.3 is 19.5 Å². The molecule has 0 saturated carbocycles. The summed E-state index contributed by atoms with van der Waals surface area (Å²) in [6.07, 6.45) is 10.2. The van der Waals surface area contributed by atoms with Gasteiger partial charge in [-0.25, -0.2) is 4.79 Å². The Labute approximate surface area is 143 Å². The van der Waals surface area contributed by atoms with Crippen molar-refractivity contribution in [3.63, 3.8) is 0 Å². The molecule has 1 unspecified atom stereocenters. The second-order valence-electron chi connectivity index (χ2n) is 5.73. The van der Waals surface area contributed by atoms with Crippen LogP contribution in [-0.2, 0) is 18.9 Å². The zero-order valence-electron chi connectivity index (χ0n) is 14.2. The Morgan fingerprint density at radius 2 is 1.50 bits per heavy atom. The van der Waals surface area contributed by atoms with E-state index in [2.05, 4.69) is 0 Å². The third-order valence-electron chi connectivity index (χ3n) is 3.61. The van der Waals surface area contributed by atoms with Gasteiger partial charge in [0.2, 0.25) is 0 Å². The van der Waals surface area contributed by atoms with Gasteiger partial charge in [-0.3, -0.25) is 9.36 Å². The third-order valence-corrected chi connectivity index (χ3v) is 4.90. The van der Waals surface area contributed by atoms with Crippen LogP contribution >= 0.6 is 7.60 Å². The average Bonchev–Trinajstić information content (AvgIpc) is 2.46. The van der Waals surface area contributed by atoms with Crippen LogP contribution in [0.5, 0.6) is 0 Å². The van der Waals surface area contributed by atoms with E-state index in [1.54, 1.807) is 13.0 Å². The highest BCUT2D eigenvalue weighted by Gasteiger charge is 2.34. The molecule has 0 bridgehead atoms. The molecule has 0 aliphatic heterocycles. The van der Waals surface area contributed by atoms with Crippen LogP contribution in [-0.4, -0.2) is 39.1 Å². The number of carbonyl (C=O) groups is 2. The van der Waals surface area contributed by atoms with E-state index in [9.17, 15) is 14.2 Å². The Morgan fingerprint density at radius 1 is 1.00 bits per heavy atom. The summed E-state index contributed by atoms with van der Waals surface area (Å²) in [6.45, 7) is 2.19. The fourth-order valence-electron chi connectivity index (χ4n) is 2.29. The summed E-state index contributed by atoms with van der Waals surface area (Å²) < 4.78 is 16.0. The molecule has 0 aromatic rings. The number of aliphatic carboxylic acids is 1. The normalized spacial score (nSPS) is 13.1. The Morgan fingerprint density at radius 3 is 1.96 bits per heavy atom. The Kier molecular flexibility index (Phi) is 12.5. The fourth-order valence-corrected chi connectivity index (χ4v) is 3.10. The van der Waals surface area contributed by atoms with E-state index >= 15 is 0 Å². The van der Waals surface area contributed by atoms with Gasteiger partial charge in [0.1, 0.15) is 0 Å². The molecule has 140 valence electrons. The summed E-state index contributed by atoms with van der Waals surface area (Å²) in [5, 5.41) is 8.79. The van der Waals surface area contributed by atoms with E-state index in [1.807, 2.05) is 0 Å². The van der Waals surface area contributed by atoms with Gasteiger partial charge in [-0.2, -0.15) is 0 Å². The van der Waals surface area contributed by atoms with E-state index < -0.39 is 19.2 Å². The van der Waals surface area contributed by atoms with Crippen molar-refractivity contribution in [2.24, 2.45) is 0 Å². The van der Waals surface area contributed by atoms with Crippen LogP contribution in [0.4, 0.5) is 0 Å². The van der Waals surface area contributed by atoms with Crippen LogP contribution in [0.3, 0.4) is 0 Å². The number of carboxylic acids is 1. The van der Waals surface area contributed by atoms with E-state index in [0.717, 1.165) is 44.9 Å². The maximum absolute atomic E-state index is 11.0. The molecule has 0 aliphatic carbocycles. The SMILES string of the molecule is CC=CC(=O)OCCCCCCCCCCC(C(=O)O)P(=O)(O)O. The lowest BCUT2D eigenvalue weighted by Gasteiger charge is -2.13. The second kappa shape index (κ2) is 13.2. The van der Waals surface area contributed by atoms with Crippen LogP contribution in [0.2, 0.25) is 0 Å². The van der Waals surface area contributed by atoms with Crippen LogP contribution in [0.15, 0.2) is 12.2 Å². The molecule has 0 fully saturated rings. The van der Waals surface area contributed by atoms with Crippen LogP contribution in [0.25, 0.3) is 0 Å². The highest BCUT2D eigenvalue weighted by atomic mass is 31.2. The first-order valence-electron chi connectivity index (χ1n) is 8.36. The van der Waals surface area contributed by atoms with Gasteiger partial charge in [0, 0.05) is 6.08 Å². The first kappa shape index (κ1) is 22.8. The summed E-state index contributed by atoms with van der Waals surface area (Å²) in [6, 6.07) is 0. The first-order chi connectivity index (χ1) is 11.3. The highest BCUT2D eigenvalue weighted by Crippen LogP contribution is 2.43. The molecular weight excluding hydrogens is 335 g/mol. The van der Waals surface area contributed by atoms with Crippen molar-refractivity contribution < 1.29 is 33.8 Å². The predicted molar refractivity (Wildman–Crippen MR) is 90.8 cm³/mol. The molecule has 0 aromatic carbocycles. The quantitative estimate of drug-likeness (QED) is 0.187. The van der Waals surface area contributed by atoms with Crippen LogP contribution in [0, 0.1) is 0 Å². The number of ether oxygens (including phenoxy) is 1. The lowest BCUT2D eigenvalue weighted by Crippen LogP contribution is -2.20. The molecule has 1 atom stereocenters. The monoisotopic (exact) mass is 364 g/mol. The zero-order valence-corrected chi connectivity index (χ0v) is 15.1. The average molecular weight is 364 g/mol. The molecule has 24 heavy (non-hydrogen) atoms. The first-order valence-corrected chi connectivity index (χ1v) is 10.0. The number of unbranched alkanes of at least 4 members (excludes halogenated alkanes) is 7. The molecule has 0 rings (SSSR count). The summed E-state index contributed by atoms with van der Waals surface area (Å²) in [5.41, 5.74) is -1.58. The molecule has 0 heterocycles.